The summed E-state index contributed by atoms with van der Waals surface area (Å²) in [4.78, 5) is 14.5. The van der Waals surface area contributed by atoms with Crippen LogP contribution in [-0.2, 0) is 11.3 Å². The number of H-pyrrole nitrogens is 1. The van der Waals surface area contributed by atoms with Crippen molar-refractivity contribution in [3.05, 3.63) is 54.1 Å². The molecule has 3 N–H and O–H groups in total. The molecule has 1 aliphatic heterocycles. The lowest BCUT2D eigenvalue weighted by atomic mass is 9.96. The standard InChI is InChI=1S/C18H17N5O/c19-10-9-16(24)23-11-12-5-1-2-6-13(12)17-18(21-22-20-17)14-7-3-4-8-15(14)23/h1-8H,9-11,19H2,(H,20,21,22). The number of hydrogen-bond donors (Lipinski definition) is 2. The largest absolute Gasteiger partial charge is 0.330 e. The van der Waals surface area contributed by atoms with Gasteiger partial charge in [0.1, 0.15) is 11.4 Å². The molecule has 0 aliphatic carbocycles. The lowest BCUT2D eigenvalue weighted by molar-refractivity contribution is -0.118. The van der Waals surface area contributed by atoms with Crippen LogP contribution in [0, 0.1) is 0 Å². The molecule has 0 saturated carbocycles. The van der Waals surface area contributed by atoms with Crippen LogP contribution in [0.25, 0.3) is 22.5 Å². The van der Waals surface area contributed by atoms with Crippen LogP contribution in [0.3, 0.4) is 0 Å². The predicted octanol–water partition coefficient (Wildman–Crippen LogP) is 2.33. The summed E-state index contributed by atoms with van der Waals surface area (Å²) in [5.41, 5.74) is 10.9. The third-order valence-corrected chi connectivity index (χ3v) is 4.26. The van der Waals surface area contributed by atoms with Gasteiger partial charge in [-0.05, 0) is 11.6 Å². The number of hydrogen-bond acceptors (Lipinski definition) is 4. The van der Waals surface area contributed by atoms with Gasteiger partial charge >= 0.3 is 0 Å². The highest BCUT2D eigenvalue weighted by molar-refractivity contribution is 6.00. The molecule has 0 radical (unpaired) electrons. The van der Waals surface area contributed by atoms with E-state index in [0.29, 0.717) is 19.5 Å². The highest BCUT2D eigenvalue weighted by Crippen LogP contribution is 2.39. The molecule has 2 aromatic carbocycles. The van der Waals surface area contributed by atoms with Crippen molar-refractivity contribution >= 4 is 11.6 Å². The fourth-order valence-electron chi connectivity index (χ4n) is 3.14. The Balaban J connectivity index is 1.98. The van der Waals surface area contributed by atoms with Crippen molar-refractivity contribution in [3.8, 4) is 22.5 Å². The number of nitrogens with two attached hydrogens (primary N) is 1. The fraction of sp³-hybridized carbons (Fsp3) is 0.167. The number of rotatable bonds is 2. The Labute approximate surface area is 139 Å². The number of amides is 1. The van der Waals surface area contributed by atoms with E-state index in [-0.39, 0.29) is 5.91 Å². The van der Waals surface area contributed by atoms with Gasteiger partial charge in [0.15, 0.2) is 0 Å². The zero-order valence-electron chi connectivity index (χ0n) is 13.1. The number of nitrogens with zero attached hydrogens (tertiary/aromatic N) is 3. The van der Waals surface area contributed by atoms with Gasteiger partial charge in [-0.15, -0.1) is 0 Å². The van der Waals surface area contributed by atoms with Crippen molar-refractivity contribution in [3.63, 3.8) is 0 Å². The Hall–Kier alpha value is -2.99. The van der Waals surface area contributed by atoms with Gasteiger partial charge in [-0.2, -0.15) is 15.4 Å². The van der Waals surface area contributed by atoms with Crippen LogP contribution in [0.1, 0.15) is 12.0 Å². The summed E-state index contributed by atoms with van der Waals surface area (Å²) in [6.45, 7) is 0.812. The van der Waals surface area contributed by atoms with Crippen LogP contribution in [0.4, 0.5) is 5.69 Å². The van der Waals surface area contributed by atoms with E-state index in [9.17, 15) is 4.79 Å². The van der Waals surface area contributed by atoms with Crippen molar-refractivity contribution in [1.82, 2.24) is 15.4 Å². The number of fused-ring (bicyclic) bond motifs is 5. The van der Waals surface area contributed by atoms with E-state index in [1.165, 1.54) is 0 Å². The molecule has 0 atom stereocenters. The minimum absolute atomic E-state index is 0.00620. The smallest absolute Gasteiger partial charge is 0.228 e. The third kappa shape index (κ3) is 2.28. The van der Waals surface area contributed by atoms with E-state index < -0.39 is 0 Å². The second kappa shape index (κ2) is 5.90. The molecule has 6 nitrogen and oxygen atoms in total. The molecular weight excluding hydrogens is 302 g/mol. The molecular formula is C18H17N5O. The fourth-order valence-corrected chi connectivity index (χ4v) is 3.14. The first-order valence-corrected chi connectivity index (χ1v) is 7.88. The number of aromatic nitrogens is 3. The normalized spacial score (nSPS) is 12.6. The van der Waals surface area contributed by atoms with Gasteiger partial charge in [0.25, 0.3) is 0 Å². The average molecular weight is 319 g/mol. The molecule has 4 rings (SSSR count). The number of nitrogens with one attached hydrogen (secondary N) is 1. The van der Waals surface area contributed by atoms with E-state index in [2.05, 4.69) is 15.4 Å². The first kappa shape index (κ1) is 14.6. The van der Waals surface area contributed by atoms with Gasteiger partial charge in [0.05, 0.1) is 12.2 Å². The van der Waals surface area contributed by atoms with Crippen LogP contribution in [0.5, 0.6) is 0 Å². The summed E-state index contributed by atoms with van der Waals surface area (Å²) in [5.74, 6) is 0.00620. The van der Waals surface area contributed by atoms with Gasteiger partial charge in [0.2, 0.25) is 5.91 Å². The highest BCUT2D eigenvalue weighted by Gasteiger charge is 2.26. The lowest BCUT2D eigenvalue weighted by Crippen LogP contribution is -2.33. The van der Waals surface area contributed by atoms with E-state index in [1.54, 1.807) is 4.90 Å². The monoisotopic (exact) mass is 319 g/mol. The minimum atomic E-state index is 0.00620. The Kier molecular flexibility index (Phi) is 3.59. The Morgan fingerprint density at radius 3 is 2.50 bits per heavy atom. The summed E-state index contributed by atoms with van der Waals surface area (Å²) in [7, 11) is 0. The second-order valence-corrected chi connectivity index (χ2v) is 5.71. The molecule has 120 valence electrons. The number of aromatic amines is 1. The van der Waals surface area contributed by atoms with Crippen molar-refractivity contribution in [1.29, 1.82) is 0 Å². The van der Waals surface area contributed by atoms with Gasteiger partial charge in [0, 0.05) is 24.1 Å². The molecule has 3 aromatic rings. The first-order chi connectivity index (χ1) is 11.8. The molecule has 0 fully saturated rings. The zero-order valence-corrected chi connectivity index (χ0v) is 13.1. The molecule has 1 amide bonds. The molecule has 0 bridgehead atoms. The van der Waals surface area contributed by atoms with Gasteiger partial charge in [-0.25, -0.2) is 0 Å². The quantitative estimate of drug-likeness (QED) is 0.759. The maximum absolute atomic E-state index is 12.7. The summed E-state index contributed by atoms with van der Waals surface area (Å²) < 4.78 is 0. The zero-order chi connectivity index (χ0) is 16.5. The van der Waals surface area contributed by atoms with E-state index in [1.807, 2.05) is 48.5 Å². The molecule has 24 heavy (non-hydrogen) atoms. The second-order valence-electron chi connectivity index (χ2n) is 5.71. The van der Waals surface area contributed by atoms with E-state index in [0.717, 1.165) is 33.8 Å². The van der Waals surface area contributed by atoms with Crippen molar-refractivity contribution < 1.29 is 4.79 Å². The summed E-state index contributed by atoms with van der Waals surface area (Å²) in [6.07, 6.45) is 0.308. The number of carbonyl (C=O) groups is 1. The van der Waals surface area contributed by atoms with Crippen LogP contribution in [0.2, 0.25) is 0 Å². The molecule has 0 spiro atoms. The first-order valence-electron chi connectivity index (χ1n) is 7.88. The van der Waals surface area contributed by atoms with E-state index >= 15 is 0 Å². The van der Waals surface area contributed by atoms with Crippen molar-refractivity contribution in [2.45, 2.75) is 13.0 Å². The van der Waals surface area contributed by atoms with Crippen molar-refractivity contribution in [2.24, 2.45) is 5.73 Å². The number of benzene rings is 2. The average Bonchev–Trinajstić information content (AvgIpc) is 3.08. The number of carbonyl (C=O) groups excluding carboxylic acids is 1. The Bertz CT molecular complexity index is 902. The summed E-state index contributed by atoms with van der Waals surface area (Å²) >= 11 is 0. The van der Waals surface area contributed by atoms with Crippen LogP contribution in [0.15, 0.2) is 48.5 Å². The molecule has 1 aromatic heterocycles. The van der Waals surface area contributed by atoms with Gasteiger partial charge < -0.3 is 10.6 Å². The predicted molar refractivity (Wildman–Crippen MR) is 92.1 cm³/mol. The van der Waals surface area contributed by atoms with Gasteiger partial charge in [-0.1, -0.05) is 42.5 Å². The van der Waals surface area contributed by atoms with Gasteiger partial charge in [-0.3, -0.25) is 4.79 Å². The lowest BCUT2D eigenvalue weighted by Gasteiger charge is -2.28. The van der Waals surface area contributed by atoms with E-state index in [4.69, 9.17) is 5.73 Å². The molecule has 0 unspecified atom stereocenters. The van der Waals surface area contributed by atoms with Crippen LogP contribution < -0.4 is 10.6 Å². The third-order valence-electron chi connectivity index (χ3n) is 4.26. The highest BCUT2D eigenvalue weighted by atomic mass is 16.2. The Morgan fingerprint density at radius 1 is 1.04 bits per heavy atom. The number of anilines is 1. The minimum Gasteiger partial charge on any atom is -0.330 e. The summed E-state index contributed by atoms with van der Waals surface area (Å²) in [5, 5.41) is 11.4. The number of para-hydroxylation sites is 1. The maximum Gasteiger partial charge on any atom is 0.228 e. The molecule has 0 saturated heterocycles. The Morgan fingerprint density at radius 2 is 1.71 bits per heavy atom. The van der Waals surface area contributed by atoms with Crippen LogP contribution in [-0.4, -0.2) is 27.9 Å². The molecule has 1 aliphatic rings. The summed E-state index contributed by atoms with van der Waals surface area (Å²) in [6, 6.07) is 15.7. The molecule has 2 heterocycles. The molecule has 6 heteroatoms. The van der Waals surface area contributed by atoms with Crippen LogP contribution >= 0.6 is 0 Å². The SMILES string of the molecule is NCCC(=O)N1Cc2ccccc2-c2n[nH]nc2-c2ccccc21. The maximum atomic E-state index is 12.7. The topological polar surface area (TPSA) is 87.9 Å². The van der Waals surface area contributed by atoms with Crippen molar-refractivity contribution in [2.75, 3.05) is 11.4 Å².